The van der Waals surface area contributed by atoms with Gasteiger partial charge in [-0.05, 0) is 17.7 Å². The minimum Gasteiger partial charge on any atom is -0.445 e. The molecule has 7 heteroatoms. The highest BCUT2D eigenvalue weighted by atomic mass is 19.1. The Kier molecular flexibility index (Phi) is 6.11. The van der Waals surface area contributed by atoms with Gasteiger partial charge in [-0.15, -0.1) is 0 Å². The van der Waals surface area contributed by atoms with Gasteiger partial charge in [-0.25, -0.2) is 9.18 Å². The van der Waals surface area contributed by atoms with Crippen molar-refractivity contribution >= 4 is 11.8 Å². The van der Waals surface area contributed by atoms with Crippen LogP contribution in [0.4, 0.5) is 14.9 Å². The fraction of sp³-hybridized carbons (Fsp3) is 0.235. The number of ether oxygens (including phenoxy) is 1. The van der Waals surface area contributed by atoms with Crippen LogP contribution < -0.4 is 11.1 Å². The van der Waals surface area contributed by atoms with Crippen LogP contribution in [0.1, 0.15) is 17.2 Å². The van der Waals surface area contributed by atoms with E-state index in [4.69, 9.17) is 10.5 Å². The van der Waals surface area contributed by atoms with Crippen LogP contribution in [-0.4, -0.2) is 29.0 Å². The molecule has 2 atom stereocenters. The van der Waals surface area contributed by atoms with Crippen molar-refractivity contribution in [2.75, 3.05) is 12.3 Å². The van der Waals surface area contributed by atoms with Crippen molar-refractivity contribution in [3.63, 3.8) is 0 Å². The van der Waals surface area contributed by atoms with Crippen LogP contribution in [0, 0.1) is 5.82 Å². The number of aliphatic hydroxyl groups is 2. The monoisotopic (exact) mass is 334 g/mol. The molecule has 2 rings (SSSR count). The Morgan fingerprint density at radius 2 is 1.92 bits per heavy atom. The molecule has 0 aliphatic heterocycles. The predicted molar refractivity (Wildman–Crippen MR) is 86.4 cm³/mol. The first-order valence-corrected chi connectivity index (χ1v) is 7.33. The Balaban J connectivity index is 1.81. The van der Waals surface area contributed by atoms with E-state index in [2.05, 4.69) is 5.32 Å². The molecule has 5 N–H and O–H groups in total. The highest BCUT2D eigenvalue weighted by Crippen LogP contribution is 2.23. The lowest BCUT2D eigenvalue weighted by atomic mass is 10.0. The highest BCUT2D eigenvalue weighted by Gasteiger charge is 2.21. The van der Waals surface area contributed by atoms with Gasteiger partial charge in [0, 0.05) is 17.8 Å². The molecular weight excluding hydrogens is 315 g/mol. The maximum absolute atomic E-state index is 13.0. The van der Waals surface area contributed by atoms with Crippen molar-refractivity contribution < 1.29 is 24.1 Å². The maximum atomic E-state index is 13.0. The van der Waals surface area contributed by atoms with Gasteiger partial charge in [0.25, 0.3) is 0 Å². The summed E-state index contributed by atoms with van der Waals surface area (Å²) in [5.74, 6) is -0.541. The molecule has 0 fully saturated rings. The number of halogens is 1. The van der Waals surface area contributed by atoms with Crippen LogP contribution in [0.2, 0.25) is 0 Å². The second-order valence-corrected chi connectivity index (χ2v) is 5.23. The molecule has 2 aromatic carbocycles. The van der Waals surface area contributed by atoms with E-state index >= 15 is 0 Å². The quantitative estimate of drug-likeness (QED) is 0.602. The fourth-order valence-electron chi connectivity index (χ4n) is 2.10. The van der Waals surface area contributed by atoms with E-state index in [1.165, 1.54) is 6.07 Å². The van der Waals surface area contributed by atoms with E-state index in [9.17, 15) is 19.4 Å². The van der Waals surface area contributed by atoms with Crippen LogP contribution in [0.15, 0.2) is 48.5 Å². The molecule has 0 bridgehead atoms. The summed E-state index contributed by atoms with van der Waals surface area (Å²) in [6.07, 6.45) is -3.40. The van der Waals surface area contributed by atoms with Gasteiger partial charge in [-0.1, -0.05) is 36.4 Å². The minimum atomic E-state index is -1.36. The molecule has 1 amide bonds. The van der Waals surface area contributed by atoms with Gasteiger partial charge in [-0.2, -0.15) is 0 Å². The number of benzene rings is 2. The van der Waals surface area contributed by atoms with Crippen LogP contribution in [0.3, 0.4) is 0 Å². The molecule has 0 spiro atoms. The Morgan fingerprint density at radius 3 is 2.58 bits per heavy atom. The van der Waals surface area contributed by atoms with E-state index in [1.54, 1.807) is 0 Å². The molecule has 0 saturated carbocycles. The number of amides is 1. The van der Waals surface area contributed by atoms with E-state index in [0.29, 0.717) is 0 Å². The Labute approximate surface area is 138 Å². The molecule has 2 aromatic rings. The minimum absolute atomic E-state index is 0.0215. The zero-order valence-corrected chi connectivity index (χ0v) is 12.9. The molecule has 0 saturated heterocycles. The number of alkyl carbamates (subject to hydrolysis) is 1. The third kappa shape index (κ3) is 4.94. The Bertz CT molecular complexity index is 682. The summed E-state index contributed by atoms with van der Waals surface area (Å²) in [4.78, 5) is 11.6. The smallest absolute Gasteiger partial charge is 0.407 e. The van der Waals surface area contributed by atoms with Crippen LogP contribution in [-0.2, 0) is 11.3 Å². The summed E-state index contributed by atoms with van der Waals surface area (Å²) in [5, 5.41) is 22.3. The first-order valence-electron chi connectivity index (χ1n) is 7.33. The highest BCUT2D eigenvalue weighted by molar-refractivity contribution is 5.67. The van der Waals surface area contributed by atoms with Gasteiger partial charge >= 0.3 is 6.09 Å². The topological polar surface area (TPSA) is 105 Å². The number of rotatable bonds is 6. The second kappa shape index (κ2) is 8.28. The zero-order chi connectivity index (χ0) is 17.5. The lowest BCUT2D eigenvalue weighted by Gasteiger charge is -2.20. The summed E-state index contributed by atoms with van der Waals surface area (Å²) in [6, 6.07) is 12.6. The van der Waals surface area contributed by atoms with Gasteiger partial charge < -0.3 is 26.0 Å². The lowest BCUT2D eigenvalue weighted by molar-refractivity contribution is 0.0188. The van der Waals surface area contributed by atoms with E-state index in [-0.39, 0.29) is 24.4 Å². The summed E-state index contributed by atoms with van der Waals surface area (Å²) in [7, 11) is 0. The molecule has 0 radical (unpaired) electrons. The molecular formula is C17H19FN2O4. The maximum Gasteiger partial charge on any atom is 0.407 e. The molecule has 6 nitrogen and oxygen atoms in total. The Hall–Kier alpha value is -2.64. The predicted octanol–water partition coefficient (Wildman–Crippen LogP) is 1.73. The number of hydrogen-bond donors (Lipinski definition) is 4. The van der Waals surface area contributed by atoms with Gasteiger partial charge in [0.15, 0.2) is 0 Å². The van der Waals surface area contributed by atoms with Gasteiger partial charge in [0.1, 0.15) is 24.6 Å². The third-order valence-electron chi connectivity index (χ3n) is 3.40. The molecule has 2 unspecified atom stereocenters. The number of aliphatic hydroxyl groups excluding tert-OH is 2. The number of carbonyl (C=O) groups is 1. The van der Waals surface area contributed by atoms with E-state index in [1.807, 2.05) is 30.3 Å². The van der Waals surface area contributed by atoms with E-state index < -0.39 is 24.1 Å². The van der Waals surface area contributed by atoms with Crippen LogP contribution in [0.25, 0.3) is 0 Å². The number of carbonyl (C=O) groups excluding carboxylic acids is 1. The van der Waals surface area contributed by atoms with Gasteiger partial charge in [0.05, 0.1) is 0 Å². The first-order chi connectivity index (χ1) is 11.5. The largest absolute Gasteiger partial charge is 0.445 e. The number of anilines is 1. The normalized spacial score (nSPS) is 13.1. The van der Waals surface area contributed by atoms with Crippen molar-refractivity contribution in [1.82, 2.24) is 5.32 Å². The van der Waals surface area contributed by atoms with Crippen LogP contribution in [0.5, 0.6) is 0 Å². The first kappa shape index (κ1) is 17.7. The summed E-state index contributed by atoms with van der Waals surface area (Å²) < 4.78 is 18.0. The average Bonchev–Trinajstić information content (AvgIpc) is 2.58. The van der Waals surface area contributed by atoms with Crippen molar-refractivity contribution in [3.05, 3.63) is 65.5 Å². The molecule has 128 valence electrons. The number of hydrogen-bond acceptors (Lipinski definition) is 5. The zero-order valence-electron chi connectivity index (χ0n) is 12.9. The Morgan fingerprint density at radius 1 is 1.21 bits per heavy atom. The number of nitrogens with one attached hydrogen (secondary N) is 1. The summed E-state index contributed by atoms with van der Waals surface area (Å²) in [6.45, 7) is -0.151. The van der Waals surface area contributed by atoms with Crippen molar-refractivity contribution in [2.45, 2.75) is 18.8 Å². The van der Waals surface area contributed by atoms with Crippen molar-refractivity contribution in [1.29, 1.82) is 0 Å². The molecule has 24 heavy (non-hydrogen) atoms. The summed E-state index contributed by atoms with van der Waals surface area (Å²) >= 11 is 0. The summed E-state index contributed by atoms with van der Waals surface area (Å²) in [5.41, 5.74) is 6.64. The molecule has 0 aliphatic rings. The standard InChI is InChI=1S/C17H19FN2O4/c18-12-6-7-13(14(19)8-12)16(22)15(21)9-20-17(23)24-10-11-4-2-1-3-5-11/h1-8,15-16,21-22H,9-10,19H2,(H,20,23). The lowest BCUT2D eigenvalue weighted by Crippen LogP contribution is -2.36. The third-order valence-corrected chi connectivity index (χ3v) is 3.40. The molecule has 0 aliphatic carbocycles. The van der Waals surface area contributed by atoms with Crippen molar-refractivity contribution in [2.24, 2.45) is 0 Å². The van der Waals surface area contributed by atoms with Gasteiger partial charge in [0.2, 0.25) is 0 Å². The van der Waals surface area contributed by atoms with Crippen LogP contribution >= 0.6 is 0 Å². The number of nitrogen functional groups attached to an aromatic ring is 1. The SMILES string of the molecule is Nc1cc(F)ccc1C(O)C(O)CNC(=O)OCc1ccccc1. The number of nitrogens with two attached hydrogens (primary N) is 1. The van der Waals surface area contributed by atoms with Gasteiger partial charge in [-0.3, -0.25) is 0 Å². The molecule has 0 aromatic heterocycles. The van der Waals surface area contributed by atoms with Crippen molar-refractivity contribution in [3.8, 4) is 0 Å². The molecule has 0 heterocycles. The second-order valence-electron chi connectivity index (χ2n) is 5.23. The average molecular weight is 334 g/mol. The fourth-order valence-corrected chi connectivity index (χ4v) is 2.10. The van der Waals surface area contributed by atoms with E-state index in [0.717, 1.165) is 17.7 Å².